The molecule has 0 radical (unpaired) electrons. The van der Waals surface area contributed by atoms with Gasteiger partial charge in [-0.2, -0.15) is 0 Å². The highest BCUT2D eigenvalue weighted by Gasteiger charge is 2.24. The van der Waals surface area contributed by atoms with Crippen molar-refractivity contribution in [2.45, 2.75) is 38.5 Å². The predicted molar refractivity (Wildman–Crippen MR) is 82.7 cm³/mol. The van der Waals surface area contributed by atoms with Crippen LogP contribution in [0.15, 0.2) is 23.2 Å². The minimum atomic E-state index is -0.0443. The lowest BCUT2D eigenvalue weighted by atomic mass is 9.89. The Labute approximate surface area is 124 Å². The van der Waals surface area contributed by atoms with Crippen molar-refractivity contribution in [2.75, 3.05) is 11.9 Å². The van der Waals surface area contributed by atoms with E-state index < -0.39 is 0 Å². The second kappa shape index (κ2) is 5.96. The number of halogens is 1. The first-order valence-electron chi connectivity index (χ1n) is 7.38. The van der Waals surface area contributed by atoms with Crippen molar-refractivity contribution in [1.29, 1.82) is 0 Å². The Morgan fingerprint density at radius 2 is 1.90 bits per heavy atom. The summed E-state index contributed by atoms with van der Waals surface area (Å²) in [5.41, 5.74) is 2.93. The first-order valence-corrected chi connectivity index (χ1v) is 7.76. The van der Waals surface area contributed by atoms with Gasteiger partial charge in [0.15, 0.2) is 0 Å². The van der Waals surface area contributed by atoms with Crippen LogP contribution < -0.4 is 5.32 Å². The molecule has 1 aromatic rings. The van der Waals surface area contributed by atoms with Crippen LogP contribution in [0.1, 0.15) is 44.1 Å². The van der Waals surface area contributed by atoms with Crippen molar-refractivity contribution >= 4 is 28.9 Å². The molecule has 4 heteroatoms. The van der Waals surface area contributed by atoms with Crippen LogP contribution in [0, 0.1) is 5.92 Å². The summed E-state index contributed by atoms with van der Waals surface area (Å²) in [4.78, 5) is 16.4. The molecule has 106 valence electrons. The summed E-state index contributed by atoms with van der Waals surface area (Å²) in [5.74, 6) is 0.416. The Bertz CT molecular complexity index is 545. The topological polar surface area (TPSA) is 41.5 Å². The number of nitrogens with one attached hydrogen (secondary N) is 1. The van der Waals surface area contributed by atoms with Crippen molar-refractivity contribution in [1.82, 2.24) is 0 Å². The quantitative estimate of drug-likeness (QED) is 0.779. The normalized spacial score (nSPS) is 20.4. The molecule has 2 aliphatic rings. The number of nitrogens with zero attached hydrogens (tertiary/aromatic N) is 1. The van der Waals surface area contributed by atoms with Gasteiger partial charge in [0, 0.05) is 27.9 Å². The molecule has 1 aromatic carbocycles. The van der Waals surface area contributed by atoms with Crippen LogP contribution in [0.2, 0.25) is 5.02 Å². The maximum absolute atomic E-state index is 11.8. The van der Waals surface area contributed by atoms with Gasteiger partial charge in [-0.1, -0.05) is 37.3 Å². The van der Waals surface area contributed by atoms with Crippen molar-refractivity contribution in [3.05, 3.63) is 28.8 Å². The molecule has 0 spiro atoms. The van der Waals surface area contributed by atoms with E-state index in [4.69, 9.17) is 11.6 Å². The SMILES string of the molecule is O=C1CN=C(C2CCCCCC2)c2cc(Cl)ccc2N1. The molecule has 1 amide bonds. The van der Waals surface area contributed by atoms with E-state index in [9.17, 15) is 4.79 Å². The number of hydrogen-bond donors (Lipinski definition) is 1. The summed E-state index contributed by atoms with van der Waals surface area (Å²) in [6.45, 7) is 0.220. The zero-order chi connectivity index (χ0) is 13.9. The fraction of sp³-hybridized carbons (Fsp3) is 0.500. The molecule has 1 aliphatic carbocycles. The van der Waals surface area contributed by atoms with Gasteiger partial charge in [-0.05, 0) is 31.0 Å². The van der Waals surface area contributed by atoms with E-state index in [2.05, 4.69) is 10.3 Å². The lowest BCUT2D eigenvalue weighted by Crippen LogP contribution is -2.16. The Morgan fingerprint density at radius 1 is 1.15 bits per heavy atom. The Hall–Kier alpha value is -1.35. The minimum Gasteiger partial charge on any atom is -0.324 e. The third kappa shape index (κ3) is 2.88. The molecule has 0 aromatic heterocycles. The molecule has 1 aliphatic heterocycles. The Morgan fingerprint density at radius 3 is 2.65 bits per heavy atom. The molecular formula is C16H19ClN2O. The van der Waals surface area contributed by atoms with E-state index in [0.29, 0.717) is 10.9 Å². The van der Waals surface area contributed by atoms with E-state index in [0.717, 1.165) is 17.0 Å². The minimum absolute atomic E-state index is 0.0443. The van der Waals surface area contributed by atoms with Crippen molar-refractivity contribution in [3.8, 4) is 0 Å². The van der Waals surface area contributed by atoms with E-state index >= 15 is 0 Å². The van der Waals surface area contributed by atoms with Crippen LogP contribution in [-0.2, 0) is 4.79 Å². The van der Waals surface area contributed by atoms with Gasteiger partial charge in [-0.15, -0.1) is 0 Å². The lowest BCUT2D eigenvalue weighted by Gasteiger charge is -2.18. The molecule has 3 rings (SSSR count). The van der Waals surface area contributed by atoms with Crippen LogP contribution >= 0.6 is 11.6 Å². The number of carbonyl (C=O) groups excluding carboxylic acids is 1. The monoisotopic (exact) mass is 290 g/mol. The highest BCUT2D eigenvalue weighted by Crippen LogP contribution is 2.31. The zero-order valence-electron chi connectivity index (χ0n) is 11.5. The number of rotatable bonds is 1. The van der Waals surface area contributed by atoms with E-state index in [-0.39, 0.29) is 12.5 Å². The van der Waals surface area contributed by atoms with Crippen LogP contribution in [0.5, 0.6) is 0 Å². The number of amides is 1. The number of carbonyl (C=O) groups is 1. The van der Waals surface area contributed by atoms with E-state index in [1.54, 1.807) is 0 Å². The van der Waals surface area contributed by atoms with Gasteiger partial charge in [0.1, 0.15) is 6.54 Å². The number of benzodiazepines with no additional fused rings is 1. The number of aliphatic imine (C=N–C) groups is 1. The second-order valence-electron chi connectivity index (χ2n) is 5.63. The average Bonchev–Trinajstić information content (AvgIpc) is 2.77. The number of anilines is 1. The van der Waals surface area contributed by atoms with Crippen molar-refractivity contribution in [3.63, 3.8) is 0 Å². The third-order valence-electron chi connectivity index (χ3n) is 4.17. The Balaban J connectivity index is 2.00. The second-order valence-corrected chi connectivity index (χ2v) is 6.06. The number of fused-ring (bicyclic) bond motifs is 1. The molecule has 0 saturated heterocycles. The van der Waals surface area contributed by atoms with Gasteiger partial charge in [0.2, 0.25) is 5.91 Å². The van der Waals surface area contributed by atoms with Gasteiger partial charge in [0.05, 0.1) is 0 Å². The average molecular weight is 291 g/mol. The van der Waals surface area contributed by atoms with Gasteiger partial charge in [-0.25, -0.2) is 0 Å². The van der Waals surface area contributed by atoms with Gasteiger partial charge >= 0.3 is 0 Å². The number of hydrogen-bond acceptors (Lipinski definition) is 2. The summed E-state index contributed by atoms with van der Waals surface area (Å²) in [7, 11) is 0. The van der Waals surface area contributed by atoms with Gasteiger partial charge in [0.25, 0.3) is 0 Å². The van der Waals surface area contributed by atoms with E-state index in [1.165, 1.54) is 38.5 Å². The molecule has 1 N–H and O–H groups in total. The summed E-state index contributed by atoms with van der Waals surface area (Å²) >= 11 is 6.14. The van der Waals surface area contributed by atoms with Gasteiger partial charge < -0.3 is 5.32 Å². The predicted octanol–water partition coefficient (Wildman–Crippen LogP) is 4.05. The van der Waals surface area contributed by atoms with Crippen LogP contribution in [0.4, 0.5) is 5.69 Å². The molecule has 20 heavy (non-hydrogen) atoms. The molecule has 1 fully saturated rings. The molecule has 3 nitrogen and oxygen atoms in total. The molecule has 0 bridgehead atoms. The fourth-order valence-corrected chi connectivity index (χ4v) is 3.34. The summed E-state index contributed by atoms with van der Waals surface area (Å²) < 4.78 is 0. The first-order chi connectivity index (χ1) is 9.74. The zero-order valence-corrected chi connectivity index (χ0v) is 12.2. The third-order valence-corrected chi connectivity index (χ3v) is 4.40. The van der Waals surface area contributed by atoms with Gasteiger partial charge in [-0.3, -0.25) is 9.79 Å². The van der Waals surface area contributed by atoms with Crippen LogP contribution in [0.25, 0.3) is 0 Å². The van der Waals surface area contributed by atoms with Crippen LogP contribution in [0.3, 0.4) is 0 Å². The summed E-state index contributed by atoms with van der Waals surface area (Å²) in [6.07, 6.45) is 7.45. The first kappa shape index (κ1) is 13.6. The van der Waals surface area contributed by atoms with Crippen molar-refractivity contribution in [2.24, 2.45) is 10.9 Å². The maximum atomic E-state index is 11.8. The highest BCUT2D eigenvalue weighted by molar-refractivity contribution is 6.31. The Kier molecular flexibility index (Phi) is 4.06. The molecule has 1 heterocycles. The lowest BCUT2D eigenvalue weighted by molar-refractivity contribution is -0.114. The molecule has 0 atom stereocenters. The van der Waals surface area contributed by atoms with E-state index in [1.807, 2.05) is 18.2 Å². The summed E-state index contributed by atoms with van der Waals surface area (Å²) in [6, 6.07) is 5.63. The number of benzene rings is 1. The largest absolute Gasteiger partial charge is 0.324 e. The van der Waals surface area contributed by atoms with Crippen LogP contribution in [-0.4, -0.2) is 18.2 Å². The highest BCUT2D eigenvalue weighted by atomic mass is 35.5. The standard InChI is InChI=1S/C16H19ClN2O/c17-12-7-8-14-13(9-12)16(18-10-15(20)19-14)11-5-3-1-2-4-6-11/h7-9,11H,1-6,10H2,(H,19,20). The smallest absolute Gasteiger partial charge is 0.246 e. The molecule has 0 unspecified atom stereocenters. The van der Waals surface area contributed by atoms with Crippen molar-refractivity contribution < 1.29 is 4.79 Å². The summed E-state index contributed by atoms with van der Waals surface area (Å²) in [5, 5.41) is 3.62. The molecular weight excluding hydrogens is 272 g/mol. The molecule has 1 saturated carbocycles. The maximum Gasteiger partial charge on any atom is 0.246 e. The fourth-order valence-electron chi connectivity index (χ4n) is 3.17.